The quantitative estimate of drug-likeness (QED) is 0.862. The lowest BCUT2D eigenvalue weighted by atomic mass is 10.1. The van der Waals surface area contributed by atoms with Crippen LogP contribution in [0.15, 0.2) is 30.3 Å². The molecule has 0 aliphatic heterocycles. The van der Waals surface area contributed by atoms with Gasteiger partial charge in [0.15, 0.2) is 0 Å². The minimum Gasteiger partial charge on any atom is -0.334 e. The molecule has 0 bridgehead atoms. The highest BCUT2D eigenvalue weighted by molar-refractivity contribution is 5.78. The number of hydrogen-bond donors (Lipinski definition) is 1. The van der Waals surface area contributed by atoms with Gasteiger partial charge in [0.2, 0.25) is 5.91 Å². The second-order valence-corrected chi connectivity index (χ2v) is 4.65. The van der Waals surface area contributed by atoms with Crippen molar-refractivity contribution in [3.05, 3.63) is 35.9 Å². The highest BCUT2D eigenvalue weighted by Gasteiger charge is 2.25. The molecule has 1 fully saturated rings. The molecule has 0 radical (unpaired) electrons. The van der Waals surface area contributed by atoms with Gasteiger partial charge in [-0.1, -0.05) is 43.2 Å². The predicted molar refractivity (Wildman–Crippen MR) is 68.3 cm³/mol. The van der Waals surface area contributed by atoms with Crippen molar-refractivity contribution < 1.29 is 4.79 Å². The Morgan fingerprint density at radius 3 is 2.47 bits per heavy atom. The molecular formula is C14H20N2O. The third-order valence-corrected chi connectivity index (χ3v) is 3.46. The van der Waals surface area contributed by atoms with Gasteiger partial charge in [0.25, 0.3) is 0 Å². The fraction of sp³-hybridized carbons (Fsp3) is 0.500. The molecule has 1 aliphatic carbocycles. The molecule has 1 saturated carbocycles. The maximum atomic E-state index is 11.9. The van der Waals surface area contributed by atoms with Gasteiger partial charge in [-0.05, 0) is 18.4 Å². The number of nitrogens with zero attached hydrogens (tertiary/aromatic N) is 1. The highest BCUT2D eigenvalue weighted by Crippen LogP contribution is 2.24. The number of carbonyl (C=O) groups is 1. The first-order valence-electron chi connectivity index (χ1n) is 6.34. The molecular weight excluding hydrogens is 212 g/mol. The van der Waals surface area contributed by atoms with Gasteiger partial charge in [-0.2, -0.15) is 0 Å². The second kappa shape index (κ2) is 5.82. The Bertz CT molecular complexity index is 358. The summed E-state index contributed by atoms with van der Waals surface area (Å²) >= 11 is 0. The van der Waals surface area contributed by atoms with Gasteiger partial charge < -0.3 is 10.6 Å². The van der Waals surface area contributed by atoms with E-state index in [0.29, 0.717) is 12.6 Å². The molecule has 1 aliphatic rings. The first kappa shape index (κ1) is 12.1. The standard InChI is InChI=1S/C14H20N2O/c15-10-14(17)16(13-8-4-5-9-13)11-12-6-2-1-3-7-12/h1-3,6-7,13H,4-5,8-11,15H2. The lowest BCUT2D eigenvalue weighted by Gasteiger charge is -2.28. The summed E-state index contributed by atoms with van der Waals surface area (Å²) in [6, 6.07) is 10.5. The number of amides is 1. The minimum atomic E-state index is 0.0701. The van der Waals surface area contributed by atoms with Crippen molar-refractivity contribution in [3.8, 4) is 0 Å². The Balaban J connectivity index is 2.07. The van der Waals surface area contributed by atoms with Crippen LogP contribution < -0.4 is 5.73 Å². The van der Waals surface area contributed by atoms with Gasteiger partial charge in [0.05, 0.1) is 6.54 Å². The average Bonchev–Trinajstić information content (AvgIpc) is 2.90. The van der Waals surface area contributed by atoms with E-state index >= 15 is 0 Å². The topological polar surface area (TPSA) is 46.3 Å². The first-order chi connectivity index (χ1) is 8.31. The normalized spacial score (nSPS) is 16.1. The van der Waals surface area contributed by atoms with Crippen LogP contribution in [0.3, 0.4) is 0 Å². The molecule has 2 N–H and O–H groups in total. The van der Waals surface area contributed by atoms with E-state index in [9.17, 15) is 4.79 Å². The van der Waals surface area contributed by atoms with E-state index in [2.05, 4.69) is 12.1 Å². The summed E-state index contributed by atoms with van der Waals surface area (Å²) in [5.74, 6) is 0.0701. The molecule has 0 saturated heterocycles. The SMILES string of the molecule is NCC(=O)N(Cc1ccccc1)C1CCCC1. The molecule has 2 rings (SSSR count). The summed E-state index contributed by atoms with van der Waals surface area (Å²) in [7, 11) is 0. The van der Waals surface area contributed by atoms with Gasteiger partial charge in [-0.3, -0.25) is 4.79 Å². The van der Waals surface area contributed by atoms with Crippen LogP contribution in [0.4, 0.5) is 0 Å². The van der Waals surface area contributed by atoms with E-state index in [1.165, 1.54) is 18.4 Å². The first-order valence-corrected chi connectivity index (χ1v) is 6.34. The van der Waals surface area contributed by atoms with Gasteiger partial charge >= 0.3 is 0 Å². The predicted octanol–water partition coefficient (Wildman–Crippen LogP) is 1.92. The van der Waals surface area contributed by atoms with Crippen LogP contribution in [0.1, 0.15) is 31.2 Å². The Morgan fingerprint density at radius 1 is 1.24 bits per heavy atom. The molecule has 1 aromatic carbocycles. The van der Waals surface area contributed by atoms with Crippen LogP contribution in [0.5, 0.6) is 0 Å². The fourth-order valence-electron chi connectivity index (χ4n) is 2.53. The van der Waals surface area contributed by atoms with E-state index in [1.807, 2.05) is 23.1 Å². The van der Waals surface area contributed by atoms with Crippen molar-refractivity contribution >= 4 is 5.91 Å². The maximum absolute atomic E-state index is 11.9. The Kier molecular flexibility index (Phi) is 4.15. The molecule has 17 heavy (non-hydrogen) atoms. The zero-order valence-electron chi connectivity index (χ0n) is 10.1. The molecule has 0 heterocycles. The van der Waals surface area contributed by atoms with Gasteiger partial charge in [-0.25, -0.2) is 0 Å². The second-order valence-electron chi connectivity index (χ2n) is 4.65. The van der Waals surface area contributed by atoms with Gasteiger partial charge in [0.1, 0.15) is 0 Å². The molecule has 0 atom stereocenters. The minimum absolute atomic E-state index is 0.0701. The summed E-state index contributed by atoms with van der Waals surface area (Å²) in [4.78, 5) is 13.9. The molecule has 3 nitrogen and oxygen atoms in total. The van der Waals surface area contributed by atoms with Crippen molar-refractivity contribution in [2.75, 3.05) is 6.54 Å². The number of nitrogens with two attached hydrogens (primary N) is 1. The summed E-state index contributed by atoms with van der Waals surface area (Å²) in [6.07, 6.45) is 4.71. The van der Waals surface area contributed by atoms with Crippen LogP contribution in [-0.4, -0.2) is 23.4 Å². The van der Waals surface area contributed by atoms with E-state index in [-0.39, 0.29) is 12.5 Å². The van der Waals surface area contributed by atoms with Gasteiger partial charge in [-0.15, -0.1) is 0 Å². The Morgan fingerprint density at radius 2 is 1.88 bits per heavy atom. The van der Waals surface area contributed by atoms with Crippen molar-refractivity contribution in [3.63, 3.8) is 0 Å². The lowest BCUT2D eigenvalue weighted by molar-refractivity contribution is -0.132. The molecule has 0 unspecified atom stereocenters. The van der Waals surface area contributed by atoms with Crippen LogP contribution in [0.2, 0.25) is 0 Å². The summed E-state index contributed by atoms with van der Waals surface area (Å²) in [6.45, 7) is 0.810. The maximum Gasteiger partial charge on any atom is 0.236 e. The number of benzene rings is 1. The third-order valence-electron chi connectivity index (χ3n) is 3.46. The zero-order chi connectivity index (χ0) is 12.1. The Hall–Kier alpha value is -1.35. The van der Waals surface area contributed by atoms with Crippen molar-refractivity contribution in [2.24, 2.45) is 5.73 Å². The monoisotopic (exact) mass is 232 g/mol. The van der Waals surface area contributed by atoms with E-state index in [4.69, 9.17) is 5.73 Å². The largest absolute Gasteiger partial charge is 0.334 e. The van der Waals surface area contributed by atoms with Crippen LogP contribution in [-0.2, 0) is 11.3 Å². The molecule has 1 amide bonds. The number of hydrogen-bond acceptors (Lipinski definition) is 2. The number of carbonyl (C=O) groups excluding carboxylic acids is 1. The Labute approximate surface area is 103 Å². The van der Waals surface area contributed by atoms with Crippen molar-refractivity contribution in [1.29, 1.82) is 0 Å². The van der Waals surface area contributed by atoms with Gasteiger partial charge in [0, 0.05) is 12.6 Å². The van der Waals surface area contributed by atoms with Crippen LogP contribution in [0.25, 0.3) is 0 Å². The summed E-state index contributed by atoms with van der Waals surface area (Å²) < 4.78 is 0. The average molecular weight is 232 g/mol. The molecule has 0 aromatic heterocycles. The van der Waals surface area contributed by atoms with E-state index in [1.54, 1.807) is 0 Å². The lowest BCUT2D eigenvalue weighted by Crippen LogP contribution is -2.41. The summed E-state index contributed by atoms with van der Waals surface area (Å²) in [5, 5.41) is 0. The van der Waals surface area contributed by atoms with E-state index < -0.39 is 0 Å². The highest BCUT2D eigenvalue weighted by atomic mass is 16.2. The zero-order valence-corrected chi connectivity index (χ0v) is 10.1. The number of rotatable bonds is 4. The summed E-state index contributed by atoms with van der Waals surface area (Å²) in [5.41, 5.74) is 6.68. The third kappa shape index (κ3) is 3.07. The molecule has 92 valence electrons. The van der Waals surface area contributed by atoms with Crippen molar-refractivity contribution in [2.45, 2.75) is 38.3 Å². The van der Waals surface area contributed by atoms with Crippen molar-refractivity contribution in [1.82, 2.24) is 4.90 Å². The molecule has 1 aromatic rings. The van der Waals surface area contributed by atoms with E-state index in [0.717, 1.165) is 12.8 Å². The molecule has 3 heteroatoms. The van der Waals surface area contributed by atoms with Crippen LogP contribution >= 0.6 is 0 Å². The van der Waals surface area contributed by atoms with Crippen LogP contribution in [0, 0.1) is 0 Å². The molecule has 0 spiro atoms. The fourth-order valence-corrected chi connectivity index (χ4v) is 2.53. The smallest absolute Gasteiger partial charge is 0.236 e.